The number of hydrogen-bond acceptors (Lipinski definition) is 7. The number of aromatic nitrogens is 1. The fraction of sp³-hybridized carbons (Fsp3) is 0.345. The van der Waals surface area contributed by atoms with E-state index in [1.165, 1.54) is 10.8 Å². The van der Waals surface area contributed by atoms with E-state index < -0.39 is 35.2 Å². The van der Waals surface area contributed by atoms with E-state index in [0.29, 0.717) is 12.1 Å². The van der Waals surface area contributed by atoms with Gasteiger partial charge in [-0.25, -0.2) is 0 Å². The van der Waals surface area contributed by atoms with Crippen LogP contribution in [0.1, 0.15) is 22.3 Å². The highest BCUT2D eigenvalue weighted by Crippen LogP contribution is 2.26. The first kappa shape index (κ1) is 28.9. The zero-order valence-corrected chi connectivity index (χ0v) is 22.7. The van der Waals surface area contributed by atoms with Crippen LogP contribution < -0.4 is 5.32 Å². The number of amides is 1. The lowest BCUT2D eigenvalue weighted by atomic mass is 9.94. The smallest absolute Gasteiger partial charge is 0.253 e. The normalized spacial score (nSPS) is 21.8. The number of fused-ring (bicyclic) bond motifs is 2. The van der Waals surface area contributed by atoms with Gasteiger partial charge in [-0.05, 0) is 34.5 Å². The first-order valence-electron chi connectivity index (χ1n) is 12.6. The van der Waals surface area contributed by atoms with Crippen LogP contribution in [-0.2, 0) is 22.1 Å². The van der Waals surface area contributed by atoms with Crippen molar-refractivity contribution < 1.29 is 34.2 Å². The Bertz CT molecular complexity index is 1460. The molecule has 5 atom stereocenters. The summed E-state index contributed by atoms with van der Waals surface area (Å²) in [5.74, 6) is -0.782. The van der Waals surface area contributed by atoms with Gasteiger partial charge in [0.05, 0.1) is 42.4 Å². The predicted molar refractivity (Wildman–Crippen MR) is 150 cm³/mol. The highest BCUT2D eigenvalue weighted by atomic mass is 32.2. The van der Waals surface area contributed by atoms with Gasteiger partial charge in [-0.2, -0.15) is 0 Å². The zero-order valence-electron chi connectivity index (χ0n) is 21.9. The number of aliphatic hydroxyl groups excluding tert-OH is 4. The molecule has 0 aliphatic carbocycles. The van der Waals surface area contributed by atoms with Crippen molar-refractivity contribution in [1.82, 2.24) is 9.88 Å². The summed E-state index contributed by atoms with van der Waals surface area (Å²) < 4.78 is 18.9. The molecule has 5 N–H and O–H groups in total. The molecule has 5 unspecified atom stereocenters. The van der Waals surface area contributed by atoms with Gasteiger partial charge in [-0.3, -0.25) is 9.00 Å². The van der Waals surface area contributed by atoms with Crippen LogP contribution in [0.25, 0.3) is 21.7 Å². The third-order valence-corrected chi connectivity index (χ3v) is 7.85. The molecule has 0 radical (unpaired) electrons. The molecule has 1 aliphatic heterocycles. The van der Waals surface area contributed by atoms with Crippen LogP contribution in [0, 0.1) is 5.92 Å². The van der Waals surface area contributed by atoms with Gasteiger partial charge in [0.25, 0.3) is 5.91 Å². The van der Waals surface area contributed by atoms with Crippen molar-refractivity contribution in [1.29, 1.82) is 0 Å². The van der Waals surface area contributed by atoms with E-state index in [4.69, 9.17) is 14.9 Å². The summed E-state index contributed by atoms with van der Waals surface area (Å²) in [5.41, 5.74) is 2.69. The van der Waals surface area contributed by atoms with Crippen molar-refractivity contribution in [2.24, 2.45) is 5.92 Å². The standard InChI is InChI=1S/C22H20N2O2S.C7H14O5/c1-23-22(25)20-14-24(21-12-18(27(2)26)9-10-19(20)21)13-15-7-8-16-5-3-4-6-17(16)11-15;8-2-4-1-6(10)5(3-9)7(11)12-4/h3-12,14H,13H2,1-2H3,(H,23,25);4-11H,1-3H2. The average Bonchev–Trinajstić information content (AvgIpc) is 3.30. The lowest BCUT2D eigenvalue weighted by Crippen LogP contribution is -2.46. The Kier molecular flexibility index (Phi) is 9.49. The average molecular weight is 555 g/mol. The maximum absolute atomic E-state index is 12.3. The molecule has 9 nitrogen and oxygen atoms in total. The van der Waals surface area contributed by atoms with E-state index in [-0.39, 0.29) is 25.5 Å². The lowest BCUT2D eigenvalue weighted by Gasteiger charge is -2.35. The number of aliphatic hydroxyl groups is 4. The molecule has 4 aromatic rings. The van der Waals surface area contributed by atoms with E-state index >= 15 is 0 Å². The van der Waals surface area contributed by atoms with Gasteiger partial charge in [-0.15, -0.1) is 0 Å². The molecule has 39 heavy (non-hydrogen) atoms. The molecule has 0 spiro atoms. The predicted octanol–water partition coefficient (Wildman–Crippen LogP) is 2.00. The topological polar surface area (TPSA) is 141 Å². The van der Waals surface area contributed by atoms with E-state index in [0.717, 1.165) is 21.4 Å². The van der Waals surface area contributed by atoms with Gasteiger partial charge in [0.15, 0.2) is 6.29 Å². The Hall–Kier alpha value is -3.12. The molecule has 2 heterocycles. The van der Waals surface area contributed by atoms with Crippen molar-refractivity contribution in [2.75, 3.05) is 26.5 Å². The Morgan fingerprint density at radius 2 is 1.79 bits per heavy atom. The van der Waals surface area contributed by atoms with Crippen LogP contribution in [0.5, 0.6) is 0 Å². The van der Waals surface area contributed by atoms with Crippen LogP contribution in [0.3, 0.4) is 0 Å². The number of carbonyl (C=O) groups excluding carboxylic acids is 1. The minimum absolute atomic E-state index is 0.123. The van der Waals surface area contributed by atoms with E-state index in [1.54, 1.807) is 13.3 Å². The Morgan fingerprint density at radius 1 is 1.05 bits per heavy atom. The quantitative estimate of drug-likeness (QED) is 0.246. The lowest BCUT2D eigenvalue weighted by molar-refractivity contribution is -0.237. The maximum atomic E-state index is 12.3. The molecule has 0 saturated carbocycles. The number of benzene rings is 3. The van der Waals surface area contributed by atoms with Crippen molar-refractivity contribution in [2.45, 2.75) is 36.4 Å². The molecule has 1 aromatic heterocycles. The van der Waals surface area contributed by atoms with Gasteiger partial charge in [0.2, 0.25) is 0 Å². The van der Waals surface area contributed by atoms with Crippen LogP contribution in [0.2, 0.25) is 0 Å². The Labute approximate surface area is 229 Å². The highest BCUT2D eigenvalue weighted by Gasteiger charge is 2.35. The molecule has 1 saturated heterocycles. The number of rotatable bonds is 6. The van der Waals surface area contributed by atoms with Gasteiger partial charge >= 0.3 is 0 Å². The first-order chi connectivity index (χ1) is 18.7. The van der Waals surface area contributed by atoms with E-state index in [1.807, 2.05) is 36.5 Å². The molecule has 1 fully saturated rings. The number of ether oxygens (including phenoxy) is 1. The third kappa shape index (κ3) is 6.55. The first-order valence-corrected chi connectivity index (χ1v) is 14.2. The van der Waals surface area contributed by atoms with Crippen molar-refractivity contribution in [3.63, 3.8) is 0 Å². The monoisotopic (exact) mass is 554 g/mol. The van der Waals surface area contributed by atoms with Gasteiger partial charge in [0.1, 0.15) is 0 Å². The summed E-state index contributed by atoms with van der Waals surface area (Å²) in [6.45, 7) is 0.0882. The summed E-state index contributed by atoms with van der Waals surface area (Å²) in [6, 6.07) is 20.3. The zero-order chi connectivity index (χ0) is 28.1. The van der Waals surface area contributed by atoms with Crippen molar-refractivity contribution >= 4 is 38.4 Å². The van der Waals surface area contributed by atoms with Crippen LogP contribution in [0.4, 0.5) is 0 Å². The molecule has 1 aliphatic rings. The van der Waals surface area contributed by atoms with E-state index in [2.05, 4.69) is 40.2 Å². The molecule has 3 aromatic carbocycles. The summed E-state index contributed by atoms with van der Waals surface area (Å²) in [6.07, 6.45) is 1.27. The molecule has 1 amide bonds. The SMILES string of the molecule is CNC(=O)c1cn(Cc2ccc3ccccc3c2)c2cc(S(C)=O)ccc12.OCC1CC(O)C(CO)C(O)O1. The van der Waals surface area contributed by atoms with Crippen LogP contribution in [0.15, 0.2) is 71.8 Å². The molecular weight excluding hydrogens is 520 g/mol. The van der Waals surface area contributed by atoms with Crippen molar-refractivity contribution in [3.05, 3.63) is 78.0 Å². The second kappa shape index (κ2) is 12.8. The molecule has 0 bridgehead atoms. The summed E-state index contributed by atoms with van der Waals surface area (Å²) in [5, 5.41) is 41.9. The van der Waals surface area contributed by atoms with Gasteiger partial charge in [-0.1, -0.05) is 42.5 Å². The number of nitrogens with one attached hydrogen (secondary N) is 1. The molecule has 10 heteroatoms. The number of carbonyl (C=O) groups is 1. The summed E-state index contributed by atoms with van der Waals surface area (Å²) >= 11 is 0. The largest absolute Gasteiger partial charge is 0.396 e. The molecule has 208 valence electrons. The fourth-order valence-electron chi connectivity index (χ4n) is 4.75. The Morgan fingerprint density at radius 3 is 2.44 bits per heavy atom. The minimum atomic E-state index is -1.18. The molecular formula is C29H34N2O7S. The summed E-state index contributed by atoms with van der Waals surface area (Å²) in [4.78, 5) is 13.1. The van der Waals surface area contributed by atoms with Gasteiger partial charge in [0, 0.05) is 53.5 Å². The van der Waals surface area contributed by atoms with Crippen molar-refractivity contribution in [3.8, 4) is 0 Å². The fourth-order valence-corrected chi connectivity index (χ4v) is 5.29. The second-order valence-corrected chi connectivity index (χ2v) is 10.9. The van der Waals surface area contributed by atoms with Gasteiger partial charge < -0.3 is 35.0 Å². The van der Waals surface area contributed by atoms with Crippen LogP contribution in [-0.4, -0.2) is 80.1 Å². The number of nitrogens with zero attached hydrogens (tertiary/aromatic N) is 1. The molecule has 5 rings (SSSR count). The third-order valence-electron chi connectivity index (χ3n) is 6.94. The maximum Gasteiger partial charge on any atom is 0.253 e. The number of hydrogen-bond donors (Lipinski definition) is 5. The van der Waals surface area contributed by atoms with E-state index in [9.17, 15) is 19.2 Å². The Balaban J connectivity index is 0.000000247. The summed E-state index contributed by atoms with van der Waals surface area (Å²) in [7, 11) is 0.554. The van der Waals surface area contributed by atoms with Crippen LogP contribution >= 0.6 is 0 Å². The highest BCUT2D eigenvalue weighted by molar-refractivity contribution is 7.84. The second-order valence-electron chi connectivity index (χ2n) is 9.55. The minimum Gasteiger partial charge on any atom is -0.396 e.